The molecule has 1 aromatic carbocycles. The van der Waals surface area contributed by atoms with Gasteiger partial charge in [-0.1, -0.05) is 0 Å². The van der Waals surface area contributed by atoms with Crippen LogP contribution >= 0.6 is 0 Å². The molecule has 4 rings (SSSR count). The lowest BCUT2D eigenvalue weighted by atomic mass is 9.91. The minimum atomic E-state index is -4.50. The van der Waals surface area contributed by atoms with Gasteiger partial charge in [0.25, 0.3) is 0 Å². The summed E-state index contributed by atoms with van der Waals surface area (Å²) in [4.78, 5) is 13.6. The molecule has 3 aromatic rings. The van der Waals surface area contributed by atoms with E-state index in [1.165, 1.54) is 6.33 Å². The summed E-state index contributed by atoms with van der Waals surface area (Å²) < 4.78 is 65.9. The fraction of sp³-hybridized carbons (Fsp3) is 0.400. The number of sulfonamides is 1. The molecular weight excluding hydrogens is 431 g/mol. The summed E-state index contributed by atoms with van der Waals surface area (Å²) in [6, 6.07) is 5.39. The van der Waals surface area contributed by atoms with Crippen molar-refractivity contribution in [2.24, 2.45) is 0 Å². The van der Waals surface area contributed by atoms with E-state index < -0.39 is 21.8 Å². The van der Waals surface area contributed by atoms with Gasteiger partial charge in [-0.3, -0.25) is 0 Å². The number of anilines is 1. The number of nitrogens with zero attached hydrogens (tertiary/aromatic N) is 3. The van der Waals surface area contributed by atoms with Gasteiger partial charge in [-0.2, -0.15) is 13.2 Å². The topological polar surface area (TPSA) is 91.0 Å². The molecule has 2 aromatic heterocycles. The zero-order valence-corrected chi connectivity index (χ0v) is 17.5. The summed E-state index contributed by atoms with van der Waals surface area (Å²) in [5.41, 5.74) is -0.119. The summed E-state index contributed by atoms with van der Waals surface area (Å²) in [6.07, 6.45) is 1.57. The third kappa shape index (κ3) is 4.52. The van der Waals surface area contributed by atoms with Crippen LogP contribution < -0.4 is 9.62 Å². The first-order valence-corrected chi connectivity index (χ1v) is 11.3. The maximum atomic E-state index is 12.7. The second-order valence-corrected chi connectivity index (χ2v) is 9.41. The number of halogens is 3. The number of hydrogen-bond donors (Lipinski definition) is 2. The highest BCUT2D eigenvalue weighted by atomic mass is 32.2. The molecule has 0 amide bonds. The minimum absolute atomic E-state index is 0.171. The second kappa shape index (κ2) is 8.12. The standard InChI is InChI=1S/C20H22F3N5O2S/c1-28(19-17-10-11-24-18(17)25-12-26-19)15-6-4-14(5-7-15)27-31(29,30)16-8-2-13(3-9-16)20(21,22)23/h2-3,8-12,14-15,27H,4-7H2,1H3,(H,24,25,26). The van der Waals surface area contributed by atoms with Gasteiger partial charge in [0, 0.05) is 25.3 Å². The van der Waals surface area contributed by atoms with E-state index in [1.54, 1.807) is 0 Å². The first-order valence-electron chi connectivity index (χ1n) is 9.85. The average molecular weight is 453 g/mol. The molecule has 0 unspecified atom stereocenters. The number of alkyl halides is 3. The Hall–Kier alpha value is -2.66. The number of rotatable bonds is 5. The molecule has 1 fully saturated rings. The van der Waals surface area contributed by atoms with Crippen LogP contribution in [0.1, 0.15) is 31.2 Å². The van der Waals surface area contributed by atoms with Gasteiger partial charge in [-0.05, 0) is 56.0 Å². The molecule has 166 valence electrons. The number of aromatic amines is 1. The Bertz CT molecular complexity index is 1150. The van der Waals surface area contributed by atoms with Crippen molar-refractivity contribution in [1.82, 2.24) is 19.7 Å². The number of H-pyrrole nitrogens is 1. The quantitative estimate of drug-likeness (QED) is 0.615. The fourth-order valence-electron chi connectivity index (χ4n) is 4.00. The van der Waals surface area contributed by atoms with Gasteiger partial charge >= 0.3 is 6.18 Å². The molecule has 1 aliphatic carbocycles. The highest BCUT2D eigenvalue weighted by Gasteiger charge is 2.32. The average Bonchev–Trinajstić information content (AvgIpc) is 3.22. The van der Waals surface area contributed by atoms with Gasteiger partial charge in [0.1, 0.15) is 17.8 Å². The monoisotopic (exact) mass is 453 g/mol. The minimum Gasteiger partial charge on any atom is -0.356 e. The Morgan fingerprint density at radius 1 is 1.06 bits per heavy atom. The van der Waals surface area contributed by atoms with Gasteiger partial charge in [-0.15, -0.1) is 0 Å². The first-order chi connectivity index (χ1) is 14.6. The molecule has 0 bridgehead atoms. The third-order valence-corrected chi connectivity index (χ3v) is 7.26. The van der Waals surface area contributed by atoms with Crippen molar-refractivity contribution in [2.75, 3.05) is 11.9 Å². The number of fused-ring (bicyclic) bond motifs is 1. The molecule has 1 aliphatic rings. The lowest BCUT2D eigenvalue weighted by molar-refractivity contribution is -0.137. The van der Waals surface area contributed by atoms with Crippen LogP contribution in [0.4, 0.5) is 19.0 Å². The van der Waals surface area contributed by atoms with Crippen molar-refractivity contribution in [2.45, 2.75) is 48.8 Å². The van der Waals surface area contributed by atoms with Gasteiger partial charge in [-0.25, -0.2) is 23.1 Å². The van der Waals surface area contributed by atoms with E-state index in [0.29, 0.717) is 12.8 Å². The second-order valence-electron chi connectivity index (χ2n) is 7.70. The molecular formula is C20H22F3N5O2S. The Labute approximate surface area is 177 Å². The van der Waals surface area contributed by atoms with E-state index in [9.17, 15) is 21.6 Å². The largest absolute Gasteiger partial charge is 0.416 e. The Morgan fingerprint density at radius 2 is 1.74 bits per heavy atom. The molecule has 0 spiro atoms. The Kier molecular flexibility index (Phi) is 5.65. The highest BCUT2D eigenvalue weighted by molar-refractivity contribution is 7.89. The summed E-state index contributed by atoms with van der Waals surface area (Å²) in [5, 5.41) is 0.926. The normalized spacial score (nSPS) is 20.1. The Balaban J connectivity index is 1.39. The van der Waals surface area contributed by atoms with E-state index in [0.717, 1.165) is 54.0 Å². The number of benzene rings is 1. The lowest BCUT2D eigenvalue weighted by Crippen LogP contribution is -2.43. The van der Waals surface area contributed by atoms with Crippen LogP contribution in [0.5, 0.6) is 0 Å². The summed E-state index contributed by atoms with van der Waals surface area (Å²) in [7, 11) is -1.92. The maximum absolute atomic E-state index is 12.7. The third-order valence-electron chi connectivity index (χ3n) is 5.73. The van der Waals surface area contributed by atoms with Crippen LogP contribution in [0, 0.1) is 0 Å². The lowest BCUT2D eigenvalue weighted by Gasteiger charge is -2.35. The van der Waals surface area contributed by atoms with Crippen LogP contribution in [-0.2, 0) is 16.2 Å². The summed E-state index contributed by atoms with van der Waals surface area (Å²) in [6.45, 7) is 0. The molecule has 1 saturated carbocycles. The van der Waals surface area contributed by atoms with Gasteiger partial charge in [0.15, 0.2) is 0 Å². The van der Waals surface area contributed by atoms with Crippen molar-refractivity contribution < 1.29 is 21.6 Å². The fourth-order valence-corrected chi connectivity index (χ4v) is 5.31. The molecule has 0 saturated heterocycles. The molecule has 0 radical (unpaired) electrons. The van der Waals surface area contributed by atoms with Crippen LogP contribution in [0.3, 0.4) is 0 Å². The molecule has 11 heteroatoms. The zero-order chi connectivity index (χ0) is 22.2. The van der Waals surface area contributed by atoms with Crippen molar-refractivity contribution in [3.63, 3.8) is 0 Å². The predicted molar refractivity (Wildman–Crippen MR) is 110 cm³/mol. The molecule has 7 nitrogen and oxygen atoms in total. The van der Waals surface area contributed by atoms with Crippen LogP contribution in [0.25, 0.3) is 11.0 Å². The van der Waals surface area contributed by atoms with Crippen molar-refractivity contribution in [3.05, 3.63) is 48.4 Å². The predicted octanol–water partition coefficient (Wildman–Crippen LogP) is 3.70. The van der Waals surface area contributed by atoms with Gasteiger partial charge < -0.3 is 9.88 Å². The van der Waals surface area contributed by atoms with Crippen LogP contribution in [0.2, 0.25) is 0 Å². The zero-order valence-electron chi connectivity index (χ0n) is 16.7. The number of aromatic nitrogens is 3. The van der Waals surface area contributed by atoms with E-state index >= 15 is 0 Å². The van der Waals surface area contributed by atoms with E-state index in [2.05, 4.69) is 24.6 Å². The first kappa shape index (κ1) is 21.6. The van der Waals surface area contributed by atoms with Crippen LogP contribution in [0.15, 0.2) is 47.8 Å². The highest BCUT2D eigenvalue weighted by Crippen LogP contribution is 2.31. The van der Waals surface area contributed by atoms with Crippen LogP contribution in [-0.4, -0.2) is 42.5 Å². The smallest absolute Gasteiger partial charge is 0.356 e. The number of nitrogens with one attached hydrogen (secondary N) is 2. The van der Waals surface area contributed by atoms with Gasteiger partial charge in [0.2, 0.25) is 10.0 Å². The molecule has 0 aliphatic heterocycles. The summed E-state index contributed by atoms with van der Waals surface area (Å²) in [5.74, 6) is 0.819. The van der Waals surface area contributed by atoms with Crippen molar-refractivity contribution in [1.29, 1.82) is 0 Å². The Morgan fingerprint density at radius 3 is 2.39 bits per heavy atom. The van der Waals surface area contributed by atoms with E-state index in [4.69, 9.17) is 0 Å². The maximum Gasteiger partial charge on any atom is 0.416 e. The molecule has 2 heterocycles. The van der Waals surface area contributed by atoms with Gasteiger partial charge in [0.05, 0.1) is 15.8 Å². The molecule has 2 N–H and O–H groups in total. The van der Waals surface area contributed by atoms with E-state index in [-0.39, 0.29) is 17.0 Å². The van der Waals surface area contributed by atoms with Crippen molar-refractivity contribution in [3.8, 4) is 0 Å². The van der Waals surface area contributed by atoms with Crippen molar-refractivity contribution >= 4 is 26.9 Å². The van der Waals surface area contributed by atoms with E-state index in [1.807, 2.05) is 19.3 Å². The SMILES string of the molecule is CN(c1ncnc2[nH]ccc12)C1CCC(NS(=O)(=O)c2ccc(C(F)(F)F)cc2)CC1. The molecule has 0 atom stereocenters. The number of hydrogen-bond acceptors (Lipinski definition) is 5. The molecule has 31 heavy (non-hydrogen) atoms. The summed E-state index contributed by atoms with van der Waals surface area (Å²) >= 11 is 0.